The van der Waals surface area contributed by atoms with Gasteiger partial charge in [-0.1, -0.05) is 11.8 Å². The molecule has 0 aliphatic heterocycles. The van der Waals surface area contributed by atoms with E-state index in [1.807, 2.05) is 6.07 Å². The van der Waals surface area contributed by atoms with Gasteiger partial charge in [0.05, 0.1) is 18.0 Å². The molecule has 0 atom stereocenters. The fourth-order valence-electron chi connectivity index (χ4n) is 1.28. The highest BCUT2D eigenvalue weighted by Gasteiger charge is 2.05. The van der Waals surface area contributed by atoms with E-state index in [2.05, 4.69) is 21.9 Å². The Labute approximate surface area is 119 Å². The number of alkyl halides is 2. The van der Waals surface area contributed by atoms with E-state index >= 15 is 0 Å². The van der Waals surface area contributed by atoms with Crippen LogP contribution in [0.2, 0.25) is 0 Å². The molecule has 0 radical (unpaired) electrons. The average Bonchev–Trinajstić information content (AvgIpc) is 2.87. The summed E-state index contributed by atoms with van der Waals surface area (Å²) in [5, 5.41) is 11.2. The van der Waals surface area contributed by atoms with Crippen LogP contribution < -0.4 is 5.32 Å². The van der Waals surface area contributed by atoms with Crippen molar-refractivity contribution in [1.29, 1.82) is 0 Å². The number of carbonyl (C=O) groups excluding carboxylic acids is 1. The first-order valence-corrected chi connectivity index (χ1v) is 6.74. The van der Waals surface area contributed by atoms with Gasteiger partial charge in [0.25, 0.3) is 6.43 Å². The molecular weight excluding hydrogens is 288 g/mol. The monoisotopic (exact) mass is 303 g/mol. The van der Waals surface area contributed by atoms with Gasteiger partial charge in [-0.3, -0.25) is 4.79 Å². The average molecular weight is 303 g/mol. The van der Waals surface area contributed by atoms with Gasteiger partial charge in [-0.2, -0.15) is 0 Å². The molecule has 0 fully saturated rings. The third kappa shape index (κ3) is 7.19. The second-order valence-electron chi connectivity index (χ2n) is 3.72. The maximum Gasteiger partial charge on any atom is 0.261 e. The Balaban J connectivity index is 2.22. The van der Waals surface area contributed by atoms with Crippen LogP contribution in [0.4, 0.5) is 8.78 Å². The molecule has 2 N–H and O–H groups in total. The lowest BCUT2D eigenvalue weighted by Gasteiger charge is -2.04. The van der Waals surface area contributed by atoms with Crippen LogP contribution in [0.5, 0.6) is 0 Å². The molecule has 0 saturated carbocycles. The van der Waals surface area contributed by atoms with Gasteiger partial charge >= 0.3 is 0 Å². The number of aliphatic hydroxyl groups excluding tert-OH is 1. The van der Waals surface area contributed by atoms with Gasteiger partial charge in [-0.25, -0.2) is 8.78 Å². The van der Waals surface area contributed by atoms with Crippen LogP contribution in [0, 0.1) is 11.8 Å². The Morgan fingerprint density at radius 2 is 2.30 bits per heavy atom. The van der Waals surface area contributed by atoms with Crippen LogP contribution in [-0.2, 0) is 16.1 Å². The van der Waals surface area contributed by atoms with E-state index in [9.17, 15) is 13.6 Å². The van der Waals surface area contributed by atoms with Crippen molar-refractivity contribution in [1.82, 2.24) is 5.32 Å². The molecule has 1 heterocycles. The molecule has 7 heteroatoms. The number of hydrogen-bond acceptors (Lipinski definition) is 4. The van der Waals surface area contributed by atoms with Gasteiger partial charge in [0.2, 0.25) is 5.91 Å². The normalized spacial score (nSPS) is 10.2. The van der Waals surface area contributed by atoms with Crippen LogP contribution in [-0.4, -0.2) is 37.3 Å². The highest BCUT2D eigenvalue weighted by Crippen LogP contribution is 2.14. The van der Waals surface area contributed by atoms with E-state index in [1.54, 1.807) is 6.07 Å². The second kappa shape index (κ2) is 9.42. The zero-order valence-corrected chi connectivity index (χ0v) is 11.5. The zero-order valence-electron chi connectivity index (χ0n) is 10.7. The van der Waals surface area contributed by atoms with Crippen molar-refractivity contribution in [2.24, 2.45) is 0 Å². The molecule has 0 bridgehead atoms. The number of thiophene rings is 1. The summed E-state index contributed by atoms with van der Waals surface area (Å²) in [7, 11) is 0. The summed E-state index contributed by atoms with van der Waals surface area (Å²) in [5.41, 5.74) is 0. The van der Waals surface area contributed by atoms with E-state index < -0.39 is 13.0 Å². The maximum atomic E-state index is 11.8. The molecule has 1 aromatic rings. The molecule has 20 heavy (non-hydrogen) atoms. The van der Waals surface area contributed by atoms with Gasteiger partial charge in [0, 0.05) is 11.3 Å². The van der Waals surface area contributed by atoms with E-state index in [-0.39, 0.29) is 25.5 Å². The molecule has 0 aliphatic carbocycles. The first kappa shape index (κ1) is 16.6. The lowest BCUT2D eigenvalue weighted by molar-refractivity contribution is -0.122. The quantitative estimate of drug-likeness (QED) is 0.591. The zero-order chi connectivity index (χ0) is 14.8. The van der Waals surface area contributed by atoms with Gasteiger partial charge in [0.15, 0.2) is 0 Å². The number of hydrogen-bond donors (Lipinski definition) is 2. The van der Waals surface area contributed by atoms with Crippen LogP contribution in [0.3, 0.4) is 0 Å². The molecule has 110 valence electrons. The Kier molecular flexibility index (Phi) is 7.80. The first-order valence-electron chi connectivity index (χ1n) is 5.93. The molecule has 0 saturated heterocycles. The Morgan fingerprint density at radius 1 is 1.50 bits per heavy atom. The minimum Gasteiger partial charge on any atom is -0.384 e. The summed E-state index contributed by atoms with van der Waals surface area (Å²) < 4.78 is 28.2. The van der Waals surface area contributed by atoms with Crippen molar-refractivity contribution in [2.45, 2.75) is 19.4 Å². The van der Waals surface area contributed by atoms with E-state index in [1.165, 1.54) is 11.3 Å². The summed E-state index contributed by atoms with van der Waals surface area (Å²) in [6, 6.07) is 3.64. The van der Waals surface area contributed by atoms with E-state index in [0.717, 1.165) is 9.75 Å². The highest BCUT2D eigenvalue weighted by atomic mass is 32.1. The third-order valence-corrected chi connectivity index (χ3v) is 3.13. The van der Waals surface area contributed by atoms with Gasteiger partial charge < -0.3 is 15.2 Å². The molecule has 1 amide bonds. The van der Waals surface area contributed by atoms with Crippen molar-refractivity contribution < 1.29 is 23.4 Å². The lowest BCUT2D eigenvalue weighted by Crippen LogP contribution is -2.23. The number of aliphatic hydroxyl groups is 1. The van der Waals surface area contributed by atoms with E-state index in [0.29, 0.717) is 6.54 Å². The van der Waals surface area contributed by atoms with Crippen molar-refractivity contribution in [2.75, 3.05) is 19.8 Å². The topological polar surface area (TPSA) is 58.6 Å². The fourth-order valence-corrected chi connectivity index (χ4v) is 2.10. The SMILES string of the molecule is O=C(CCOCC(F)F)NCc1ccc(C#CCO)s1. The van der Waals surface area contributed by atoms with Gasteiger partial charge in [-0.15, -0.1) is 11.3 Å². The molecule has 4 nitrogen and oxygen atoms in total. The molecular formula is C13H15F2NO3S. The summed E-state index contributed by atoms with van der Waals surface area (Å²) >= 11 is 1.42. The smallest absolute Gasteiger partial charge is 0.261 e. The van der Waals surface area contributed by atoms with Crippen molar-refractivity contribution in [3.8, 4) is 11.8 Å². The number of amides is 1. The van der Waals surface area contributed by atoms with Crippen molar-refractivity contribution in [3.63, 3.8) is 0 Å². The predicted molar refractivity (Wildman–Crippen MR) is 71.6 cm³/mol. The summed E-state index contributed by atoms with van der Waals surface area (Å²) in [6.45, 7) is -0.499. The Hall–Kier alpha value is -1.49. The summed E-state index contributed by atoms with van der Waals surface area (Å²) in [4.78, 5) is 13.1. The predicted octanol–water partition coefficient (Wildman–Crippen LogP) is 1.38. The van der Waals surface area contributed by atoms with Crippen LogP contribution >= 0.6 is 11.3 Å². The minimum atomic E-state index is -2.51. The Morgan fingerprint density at radius 3 is 3.00 bits per heavy atom. The number of carbonyl (C=O) groups is 1. The number of ether oxygens (including phenoxy) is 1. The summed E-state index contributed by atoms with van der Waals surface area (Å²) in [6.07, 6.45) is -2.46. The van der Waals surface area contributed by atoms with Crippen molar-refractivity contribution >= 4 is 17.2 Å². The lowest BCUT2D eigenvalue weighted by atomic mass is 10.4. The number of halogens is 2. The van der Waals surface area contributed by atoms with Crippen molar-refractivity contribution in [3.05, 3.63) is 21.9 Å². The fraction of sp³-hybridized carbons (Fsp3) is 0.462. The molecule has 0 unspecified atom stereocenters. The van der Waals surface area contributed by atoms with Gasteiger partial charge in [0.1, 0.15) is 13.2 Å². The molecule has 1 rings (SSSR count). The highest BCUT2D eigenvalue weighted by molar-refractivity contribution is 7.12. The van der Waals surface area contributed by atoms with Crippen LogP contribution in [0.25, 0.3) is 0 Å². The Bertz CT molecular complexity index is 479. The van der Waals surface area contributed by atoms with Gasteiger partial charge in [-0.05, 0) is 12.1 Å². The number of rotatable bonds is 7. The van der Waals surface area contributed by atoms with Crippen LogP contribution in [0.1, 0.15) is 16.2 Å². The first-order chi connectivity index (χ1) is 9.61. The third-order valence-electron chi connectivity index (χ3n) is 2.13. The molecule has 0 spiro atoms. The summed E-state index contributed by atoms with van der Waals surface area (Å²) in [5.74, 6) is 5.05. The molecule has 1 aromatic heterocycles. The standard InChI is InChI=1S/C13H15F2NO3S/c14-12(15)9-19-7-5-13(18)16-8-11-4-3-10(20-11)2-1-6-17/h3-4,12,17H,5-9H2,(H,16,18). The largest absolute Gasteiger partial charge is 0.384 e. The minimum absolute atomic E-state index is 0.0200. The van der Waals surface area contributed by atoms with E-state index in [4.69, 9.17) is 5.11 Å². The molecule has 0 aliphatic rings. The maximum absolute atomic E-state index is 11.8. The second-order valence-corrected chi connectivity index (χ2v) is 4.89. The number of nitrogens with one attached hydrogen (secondary N) is 1. The molecule has 0 aromatic carbocycles. The van der Waals surface area contributed by atoms with Crippen LogP contribution in [0.15, 0.2) is 12.1 Å².